The van der Waals surface area contributed by atoms with Gasteiger partial charge in [-0.2, -0.15) is 5.10 Å². The van der Waals surface area contributed by atoms with Gasteiger partial charge in [0.15, 0.2) is 5.65 Å². The van der Waals surface area contributed by atoms with E-state index in [9.17, 15) is 4.79 Å². The number of unbranched alkanes of at least 4 members (excludes halogenated alkanes) is 1. The molecular formula is C25H35N7O. The highest BCUT2D eigenvalue weighted by molar-refractivity contribution is 5.88. The summed E-state index contributed by atoms with van der Waals surface area (Å²) in [6.45, 7) is 10.1. The average Bonchev–Trinajstić information content (AvgIpc) is 3.28. The summed E-state index contributed by atoms with van der Waals surface area (Å²) in [5.74, 6) is 2.05. The van der Waals surface area contributed by atoms with Crippen molar-refractivity contribution >= 4 is 22.9 Å². The van der Waals surface area contributed by atoms with Crippen LogP contribution in [0.3, 0.4) is 0 Å². The monoisotopic (exact) mass is 449 g/mol. The number of para-hydroxylation sites is 1. The lowest BCUT2D eigenvalue weighted by Gasteiger charge is -2.35. The maximum atomic E-state index is 12.5. The lowest BCUT2D eigenvalue weighted by molar-refractivity contribution is 0.194. The number of amides is 2. The molecule has 3 aromatic rings. The molecule has 176 valence electrons. The van der Waals surface area contributed by atoms with Crippen molar-refractivity contribution in [3.8, 4) is 5.69 Å². The molecule has 1 unspecified atom stereocenters. The first-order chi connectivity index (χ1) is 16.1. The predicted octanol–water partition coefficient (Wildman–Crippen LogP) is 4.35. The van der Waals surface area contributed by atoms with Gasteiger partial charge in [-0.15, -0.1) is 0 Å². The molecule has 4 rings (SSSR count). The van der Waals surface area contributed by atoms with Gasteiger partial charge in [0, 0.05) is 38.6 Å². The molecule has 33 heavy (non-hydrogen) atoms. The van der Waals surface area contributed by atoms with Crippen LogP contribution in [-0.4, -0.2) is 63.4 Å². The average molecular weight is 450 g/mol. The van der Waals surface area contributed by atoms with Crippen LogP contribution in [0.1, 0.15) is 58.2 Å². The summed E-state index contributed by atoms with van der Waals surface area (Å²) in [6, 6.07) is 10.1. The SMILES string of the molecule is CCCCNC(=O)N1CCN(c2nc(C(C)CCC)nc3c2cnn3-c2ccccc2)CC1. The maximum Gasteiger partial charge on any atom is 0.317 e. The van der Waals surface area contributed by atoms with Crippen molar-refractivity contribution in [1.29, 1.82) is 0 Å². The van der Waals surface area contributed by atoms with E-state index in [2.05, 4.69) is 36.1 Å². The Bertz CT molecular complexity index is 1060. The molecule has 1 N–H and O–H groups in total. The van der Waals surface area contributed by atoms with Gasteiger partial charge in [0.1, 0.15) is 11.6 Å². The summed E-state index contributed by atoms with van der Waals surface area (Å²) in [7, 11) is 0. The lowest BCUT2D eigenvalue weighted by atomic mass is 10.1. The highest BCUT2D eigenvalue weighted by atomic mass is 16.2. The van der Waals surface area contributed by atoms with Crippen LogP contribution in [0.15, 0.2) is 36.5 Å². The van der Waals surface area contributed by atoms with Gasteiger partial charge < -0.3 is 15.1 Å². The Balaban J connectivity index is 1.62. The summed E-state index contributed by atoms with van der Waals surface area (Å²) < 4.78 is 1.90. The number of hydrogen-bond acceptors (Lipinski definition) is 5. The molecule has 2 aromatic heterocycles. The first kappa shape index (κ1) is 23.0. The number of piperazine rings is 1. The number of urea groups is 1. The Kier molecular flexibility index (Phi) is 7.42. The van der Waals surface area contributed by atoms with E-state index in [0.717, 1.165) is 73.7 Å². The second-order valence-electron chi connectivity index (χ2n) is 8.78. The van der Waals surface area contributed by atoms with Crippen molar-refractivity contribution in [3.05, 3.63) is 42.4 Å². The molecule has 0 spiro atoms. The molecule has 2 amide bonds. The molecule has 1 fully saturated rings. The fraction of sp³-hybridized carbons (Fsp3) is 0.520. The molecule has 1 aromatic carbocycles. The van der Waals surface area contributed by atoms with E-state index in [-0.39, 0.29) is 11.9 Å². The fourth-order valence-electron chi connectivity index (χ4n) is 4.30. The number of anilines is 1. The van der Waals surface area contributed by atoms with Gasteiger partial charge in [-0.1, -0.05) is 51.8 Å². The zero-order valence-electron chi connectivity index (χ0n) is 20.0. The Morgan fingerprint density at radius 2 is 1.82 bits per heavy atom. The third-order valence-electron chi connectivity index (χ3n) is 6.26. The van der Waals surface area contributed by atoms with Crippen LogP contribution in [-0.2, 0) is 0 Å². The van der Waals surface area contributed by atoms with Crippen LogP contribution < -0.4 is 10.2 Å². The number of fused-ring (bicyclic) bond motifs is 1. The van der Waals surface area contributed by atoms with E-state index in [1.54, 1.807) is 0 Å². The second-order valence-corrected chi connectivity index (χ2v) is 8.78. The van der Waals surface area contributed by atoms with Crippen molar-refractivity contribution in [2.24, 2.45) is 0 Å². The van der Waals surface area contributed by atoms with Crippen LogP contribution >= 0.6 is 0 Å². The van der Waals surface area contributed by atoms with Crippen LogP contribution in [0, 0.1) is 0 Å². The third kappa shape index (κ3) is 5.10. The molecule has 8 nitrogen and oxygen atoms in total. The maximum absolute atomic E-state index is 12.5. The standard InChI is InChI=1S/C25H35N7O/c1-4-6-13-26-25(33)31-16-14-30(15-17-31)23-21-18-27-32(20-11-8-7-9-12-20)24(21)29-22(28-23)19(3)10-5-2/h7-9,11-12,18-19H,4-6,10,13-17H2,1-3H3,(H,26,33). The van der Waals surface area contributed by atoms with Gasteiger partial charge in [0.05, 0.1) is 17.3 Å². The first-order valence-corrected chi connectivity index (χ1v) is 12.2. The number of rotatable bonds is 8. The van der Waals surface area contributed by atoms with Crippen LogP contribution in [0.2, 0.25) is 0 Å². The third-order valence-corrected chi connectivity index (χ3v) is 6.26. The van der Waals surface area contributed by atoms with E-state index < -0.39 is 0 Å². The Morgan fingerprint density at radius 1 is 1.06 bits per heavy atom. The molecule has 0 bridgehead atoms. The molecule has 1 aliphatic heterocycles. The van der Waals surface area contributed by atoms with Crippen LogP contribution in [0.25, 0.3) is 16.7 Å². The van der Waals surface area contributed by atoms with E-state index in [1.165, 1.54) is 0 Å². The number of nitrogens with zero attached hydrogens (tertiary/aromatic N) is 6. The molecular weight excluding hydrogens is 414 g/mol. The summed E-state index contributed by atoms with van der Waals surface area (Å²) in [5, 5.41) is 8.64. The lowest BCUT2D eigenvalue weighted by Crippen LogP contribution is -2.52. The van der Waals surface area contributed by atoms with Gasteiger partial charge in [0.2, 0.25) is 0 Å². The topological polar surface area (TPSA) is 79.2 Å². The number of carbonyl (C=O) groups is 1. The number of benzene rings is 1. The summed E-state index contributed by atoms with van der Waals surface area (Å²) in [4.78, 5) is 26.6. The van der Waals surface area contributed by atoms with Crippen molar-refractivity contribution in [1.82, 2.24) is 30.0 Å². The molecule has 0 radical (unpaired) electrons. The smallest absolute Gasteiger partial charge is 0.317 e. The Hall–Kier alpha value is -3.16. The largest absolute Gasteiger partial charge is 0.352 e. The van der Waals surface area contributed by atoms with E-state index in [0.29, 0.717) is 13.1 Å². The zero-order chi connectivity index (χ0) is 23.2. The molecule has 1 saturated heterocycles. The molecule has 0 saturated carbocycles. The van der Waals surface area contributed by atoms with Crippen molar-refractivity contribution < 1.29 is 4.79 Å². The number of aromatic nitrogens is 4. The van der Waals surface area contributed by atoms with Crippen LogP contribution in [0.4, 0.5) is 10.6 Å². The van der Waals surface area contributed by atoms with Gasteiger partial charge in [-0.25, -0.2) is 19.4 Å². The van der Waals surface area contributed by atoms with E-state index in [4.69, 9.17) is 9.97 Å². The van der Waals surface area contributed by atoms with Crippen molar-refractivity contribution in [3.63, 3.8) is 0 Å². The minimum atomic E-state index is 0.0325. The summed E-state index contributed by atoms with van der Waals surface area (Å²) in [5.41, 5.74) is 1.82. The van der Waals surface area contributed by atoms with Crippen molar-refractivity contribution in [2.75, 3.05) is 37.6 Å². The minimum Gasteiger partial charge on any atom is -0.352 e. The minimum absolute atomic E-state index is 0.0325. The number of hydrogen-bond donors (Lipinski definition) is 1. The van der Waals surface area contributed by atoms with Crippen molar-refractivity contribution in [2.45, 2.75) is 52.4 Å². The Labute approximate surface area is 196 Å². The number of nitrogens with one attached hydrogen (secondary N) is 1. The highest BCUT2D eigenvalue weighted by Crippen LogP contribution is 2.29. The highest BCUT2D eigenvalue weighted by Gasteiger charge is 2.25. The molecule has 3 heterocycles. The Morgan fingerprint density at radius 3 is 2.52 bits per heavy atom. The molecule has 0 aliphatic carbocycles. The van der Waals surface area contributed by atoms with Crippen LogP contribution in [0.5, 0.6) is 0 Å². The quantitative estimate of drug-likeness (QED) is 0.517. The summed E-state index contributed by atoms with van der Waals surface area (Å²) >= 11 is 0. The molecule has 1 atom stereocenters. The predicted molar refractivity (Wildman–Crippen MR) is 132 cm³/mol. The second kappa shape index (κ2) is 10.6. The molecule has 1 aliphatic rings. The van der Waals surface area contributed by atoms with E-state index >= 15 is 0 Å². The van der Waals surface area contributed by atoms with Gasteiger partial charge in [-0.05, 0) is 25.0 Å². The molecule has 8 heteroatoms. The number of carbonyl (C=O) groups excluding carboxylic acids is 1. The normalized spacial score (nSPS) is 15.1. The van der Waals surface area contributed by atoms with Gasteiger partial charge >= 0.3 is 6.03 Å². The fourth-order valence-corrected chi connectivity index (χ4v) is 4.30. The van der Waals surface area contributed by atoms with Gasteiger partial charge in [-0.3, -0.25) is 0 Å². The zero-order valence-corrected chi connectivity index (χ0v) is 20.0. The van der Waals surface area contributed by atoms with E-state index in [1.807, 2.05) is 46.1 Å². The van der Waals surface area contributed by atoms with Gasteiger partial charge in [0.25, 0.3) is 0 Å². The summed E-state index contributed by atoms with van der Waals surface area (Å²) in [6.07, 6.45) is 6.08. The first-order valence-electron chi connectivity index (χ1n) is 12.2.